The minimum atomic E-state index is -0.130. The van der Waals surface area contributed by atoms with Gasteiger partial charge in [0, 0.05) is 13.1 Å². The number of hydrogen-bond acceptors (Lipinski definition) is 2. The molecule has 2 saturated heterocycles. The summed E-state index contributed by atoms with van der Waals surface area (Å²) >= 11 is 0. The average molecular weight is 139 g/mol. The molecular formula is C8H13NO. The minimum absolute atomic E-state index is 0.130. The van der Waals surface area contributed by atoms with Gasteiger partial charge < -0.3 is 5.11 Å². The Hall–Kier alpha value is -0.340. The molecule has 1 N–H and O–H groups in total. The van der Waals surface area contributed by atoms with Gasteiger partial charge in [0.25, 0.3) is 0 Å². The van der Waals surface area contributed by atoms with Crippen LogP contribution >= 0.6 is 0 Å². The fourth-order valence-electron chi connectivity index (χ4n) is 2.05. The summed E-state index contributed by atoms with van der Waals surface area (Å²) in [4.78, 5) is 2.33. The van der Waals surface area contributed by atoms with E-state index in [0.717, 1.165) is 25.9 Å². The van der Waals surface area contributed by atoms with Gasteiger partial charge in [-0.05, 0) is 12.8 Å². The SMILES string of the molecule is C=C1CCN2CCC(O)C12. The lowest BCUT2D eigenvalue weighted by molar-refractivity contribution is 0.151. The van der Waals surface area contributed by atoms with Crippen LogP contribution in [0.4, 0.5) is 0 Å². The van der Waals surface area contributed by atoms with E-state index in [1.165, 1.54) is 5.57 Å². The van der Waals surface area contributed by atoms with Crippen molar-refractivity contribution in [2.45, 2.75) is 25.0 Å². The molecule has 0 spiro atoms. The molecule has 0 radical (unpaired) electrons. The van der Waals surface area contributed by atoms with Gasteiger partial charge in [-0.25, -0.2) is 0 Å². The summed E-state index contributed by atoms with van der Waals surface area (Å²) in [7, 11) is 0. The Labute approximate surface area is 61.1 Å². The zero-order chi connectivity index (χ0) is 7.14. The van der Waals surface area contributed by atoms with E-state index in [-0.39, 0.29) is 6.10 Å². The van der Waals surface area contributed by atoms with E-state index in [1.807, 2.05) is 0 Å². The Balaban J connectivity index is 2.19. The number of nitrogens with zero attached hydrogens (tertiary/aromatic N) is 1. The molecule has 0 aromatic rings. The molecule has 2 fully saturated rings. The molecule has 10 heavy (non-hydrogen) atoms. The second-order valence-corrected chi connectivity index (χ2v) is 3.25. The van der Waals surface area contributed by atoms with Gasteiger partial charge in [-0.3, -0.25) is 4.90 Å². The first kappa shape index (κ1) is 6.38. The highest BCUT2D eigenvalue weighted by Gasteiger charge is 2.38. The molecule has 2 nitrogen and oxygen atoms in total. The maximum absolute atomic E-state index is 9.47. The van der Waals surface area contributed by atoms with Crippen molar-refractivity contribution in [3.63, 3.8) is 0 Å². The predicted molar refractivity (Wildman–Crippen MR) is 39.7 cm³/mol. The molecule has 2 aliphatic rings. The molecule has 0 aromatic carbocycles. The van der Waals surface area contributed by atoms with Crippen LogP contribution in [0.3, 0.4) is 0 Å². The van der Waals surface area contributed by atoms with Gasteiger partial charge in [0.05, 0.1) is 12.1 Å². The Morgan fingerprint density at radius 1 is 1.50 bits per heavy atom. The second-order valence-electron chi connectivity index (χ2n) is 3.25. The van der Waals surface area contributed by atoms with Gasteiger partial charge in [0.1, 0.15) is 0 Å². The van der Waals surface area contributed by atoms with Gasteiger partial charge in [-0.2, -0.15) is 0 Å². The molecule has 2 atom stereocenters. The third-order valence-corrected chi connectivity index (χ3v) is 2.61. The topological polar surface area (TPSA) is 23.5 Å². The number of rotatable bonds is 0. The van der Waals surface area contributed by atoms with Gasteiger partial charge in [-0.15, -0.1) is 0 Å². The lowest BCUT2D eigenvalue weighted by Gasteiger charge is -2.16. The Kier molecular flexibility index (Phi) is 1.32. The maximum Gasteiger partial charge on any atom is 0.0745 e. The fourth-order valence-corrected chi connectivity index (χ4v) is 2.05. The summed E-state index contributed by atoms with van der Waals surface area (Å²) in [6, 6.07) is 0.306. The molecule has 56 valence electrons. The summed E-state index contributed by atoms with van der Waals surface area (Å²) in [6.07, 6.45) is 1.89. The third kappa shape index (κ3) is 0.724. The predicted octanol–water partition coefficient (Wildman–Crippen LogP) is 0.382. The molecular weight excluding hydrogens is 126 g/mol. The molecule has 0 saturated carbocycles. The average Bonchev–Trinajstić information content (AvgIpc) is 2.40. The Bertz CT molecular complexity index is 167. The largest absolute Gasteiger partial charge is 0.391 e. The highest BCUT2D eigenvalue weighted by molar-refractivity contribution is 5.17. The normalized spacial score (nSPS) is 40.7. The van der Waals surface area contributed by atoms with E-state index in [0.29, 0.717) is 6.04 Å². The van der Waals surface area contributed by atoms with Crippen LogP contribution in [0.5, 0.6) is 0 Å². The zero-order valence-corrected chi connectivity index (χ0v) is 6.08. The number of fused-ring (bicyclic) bond motifs is 1. The molecule has 2 rings (SSSR count). The molecule has 0 amide bonds. The van der Waals surface area contributed by atoms with Crippen molar-refractivity contribution in [3.05, 3.63) is 12.2 Å². The van der Waals surface area contributed by atoms with Crippen LogP contribution < -0.4 is 0 Å². The van der Waals surface area contributed by atoms with E-state index in [1.54, 1.807) is 0 Å². The Morgan fingerprint density at radius 3 is 3.00 bits per heavy atom. The molecule has 2 heterocycles. The molecule has 0 aliphatic carbocycles. The van der Waals surface area contributed by atoms with Crippen molar-refractivity contribution < 1.29 is 5.11 Å². The van der Waals surface area contributed by atoms with E-state index < -0.39 is 0 Å². The molecule has 0 aromatic heterocycles. The van der Waals surface area contributed by atoms with Gasteiger partial charge in [-0.1, -0.05) is 12.2 Å². The van der Waals surface area contributed by atoms with Crippen molar-refractivity contribution >= 4 is 0 Å². The van der Waals surface area contributed by atoms with E-state index in [2.05, 4.69) is 11.5 Å². The van der Waals surface area contributed by atoms with Crippen LogP contribution in [-0.2, 0) is 0 Å². The summed E-state index contributed by atoms with van der Waals surface area (Å²) in [6.45, 7) is 6.12. The van der Waals surface area contributed by atoms with Gasteiger partial charge in [0.2, 0.25) is 0 Å². The monoisotopic (exact) mass is 139 g/mol. The number of aliphatic hydroxyl groups is 1. The van der Waals surface area contributed by atoms with Crippen LogP contribution in [-0.4, -0.2) is 35.2 Å². The summed E-state index contributed by atoms with van der Waals surface area (Å²) < 4.78 is 0. The third-order valence-electron chi connectivity index (χ3n) is 2.61. The molecule has 2 heteroatoms. The zero-order valence-electron chi connectivity index (χ0n) is 6.08. The summed E-state index contributed by atoms with van der Waals surface area (Å²) in [5.74, 6) is 0. The lowest BCUT2D eigenvalue weighted by Crippen LogP contribution is -2.29. The van der Waals surface area contributed by atoms with E-state index in [9.17, 15) is 5.11 Å². The van der Waals surface area contributed by atoms with Crippen LogP contribution in [0.25, 0.3) is 0 Å². The van der Waals surface area contributed by atoms with Crippen molar-refractivity contribution in [2.24, 2.45) is 0 Å². The minimum Gasteiger partial charge on any atom is -0.391 e. The van der Waals surface area contributed by atoms with Gasteiger partial charge >= 0.3 is 0 Å². The maximum atomic E-state index is 9.47. The highest BCUT2D eigenvalue weighted by atomic mass is 16.3. The van der Waals surface area contributed by atoms with Crippen molar-refractivity contribution in [2.75, 3.05) is 13.1 Å². The van der Waals surface area contributed by atoms with Crippen LogP contribution in [0.15, 0.2) is 12.2 Å². The first-order chi connectivity index (χ1) is 4.79. The summed E-state index contributed by atoms with van der Waals surface area (Å²) in [5.41, 5.74) is 1.23. The molecule has 2 aliphatic heterocycles. The fraction of sp³-hybridized carbons (Fsp3) is 0.750. The van der Waals surface area contributed by atoms with E-state index >= 15 is 0 Å². The smallest absolute Gasteiger partial charge is 0.0745 e. The Morgan fingerprint density at radius 2 is 2.30 bits per heavy atom. The van der Waals surface area contributed by atoms with Crippen LogP contribution in [0.1, 0.15) is 12.8 Å². The van der Waals surface area contributed by atoms with Crippen LogP contribution in [0.2, 0.25) is 0 Å². The molecule has 2 unspecified atom stereocenters. The van der Waals surface area contributed by atoms with Crippen molar-refractivity contribution in [1.82, 2.24) is 4.90 Å². The second kappa shape index (κ2) is 2.07. The quantitative estimate of drug-likeness (QED) is 0.490. The van der Waals surface area contributed by atoms with E-state index in [4.69, 9.17) is 0 Å². The summed E-state index contributed by atoms with van der Waals surface area (Å²) in [5, 5.41) is 9.47. The lowest BCUT2D eigenvalue weighted by atomic mass is 10.1. The molecule has 0 bridgehead atoms. The standard InChI is InChI=1S/C8H13NO/c1-6-2-4-9-5-3-7(10)8(6)9/h7-8,10H,1-5H2. The van der Waals surface area contributed by atoms with Gasteiger partial charge in [0.15, 0.2) is 0 Å². The van der Waals surface area contributed by atoms with Crippen molar-refractivity contribution in [1.29, 1.82) is 0 Å². The highest BCUT2D eigenvalue weighted by Crippen LogP contribution is 2.30. The number of aliphatic hydroxyl groups excluding tert-OH is 1. The van der Waals surface area contributed by atoms with Crippen molar-refractivity contribution in [3.8, 4) is 0 Å². The first-order valence-corrected chi connectivity index (χ1v) is 3.89. The number of hydrogen-bond donors (Lipinski definition) is 1. The first-order valence-electron chi connectivity index (χ1n) is 3.89. The van der Waals surface area contributed by atoms with Crippen LogP contribution in [0, 0.1) is 0 Å².